The maximum atomic E-state index is 4.88. The highest BCUT2D eigenvalue weighted by Crippen LogP contribution is 2.54. The lowest BCUT2D eigenvalue weighted by Crippen LogP contribution is -2.26. The molecule has 9 rings (SSSR count). The molecule has 164 valence electrons. The Hall–Kier alpha value is -4.24. The van der Waals surface area contributed by atoms with Gasteiger partial charge < -0.3 is 4.90 Å². The van der Waals surface area contributed by atoms with E-state index in [9.17, 15) is 0 Å². The Morgan fingerprint density at radius 3 is 2.26 bits per heavy atom. The van der Waals surface area contributed by atoms with Crippen LogP contribution in [0.2, 0.25) is 0 Å². The van der Waals surface area contributed by atoms with Crippen LogP contribution < -0.4 is 4.90 Å². The molecule has 5 aromatic rings. The van der Waals surface area contributed by atoms with Crippen molar-refractivity contribution in [3.8, 4) is 22.3 Å². The number of anilines is 3. The first-order valence-corrected chi connectivity index (χ1v) is 12.4. The Bertz CT molecular complexity index is 1760. The van der Waals surface area contributed by atoms with Crippen LogP contribution in [0.25, 0.3) is 22.3 Å². The Morgan fingerprint density at radius 1 is 0.543 bits per heavy atom. The van der Waals surface area contributed by atoms with Crippen LogP contribution in [0.15, 0.2) is 79.3 Å². The molecule has 0 N–H and O–H groups in total. The van der Waals surface area contributed by atoms with Crippen LogP contribution >= 0.6 is 0 Å². The van der Waals surface area contributed by atoms with E-state index in [2.05, 4.69) is 70.5 Å². The molecule has 0 fully saturated rings. The second-order valence-corrected chi connectivity index (χ2v) is 10.2. The summed E-state index contributed by atoms with van der Waals surface area (Å²) in [5.41, 5.74) is 20.7. The molecule has 2 aliphatic heterocycles. The molecule has 0 saturated carbocycles. The molecule has 0 amide bonds. The summed E-state index contributed by atoms with van der Waals surface area (Å²) in [7, 11) is 0. The van der Waals surface area contributed by atoms with Gasteiger partial charge in [-0.25, -0.2) is 0 Å². The Kier molecular flexibility index (Phi) is 3.24. The lowest BCUT2D eigenvalue weighted by molar-refractivity contribution is 0.944. The van der Waals surface area contributed by atoms with Crippen LogP contribution in [-0.2, 0) is 25.7 Å². The smallest absolute Gasteiger partial charge is 0.0716 e. The maximum Gasteiger partial charge on any atom is 0.0716 e. The lowest BCUT2D eigenvalue weighted by Gasteiger charge is -2.39. The van der Waals surface area contributed by atoms with E-state index in [-0.39, 0.29) is 0 Å². The number of rotatable bonds is 0. The van der Waals surface area contributed by atoms with E-state index in [0.29, 0.717) is 0 Å². The number of fused-ring (bicyclic) bond motifs is 12. The van der Waals surface area contributed by atoms with Gasteiger partial charge in [-0.2, -0.15) is 0 Å². The minimum atomic E-state index is 0.893. The predicted octanol–water partition coefficient (Wildman–Crippen LogP) is 6.90. The highest BCUT2D eigenvalue weighted by Gasteiger charge is 2.36. The summed E-state index contributed by atoms with van der Waals surface area (Å²) in [4.78, 5) is 11.8. The number of benzene rings is 3. The van der Waals surface area contributed by atoms with Gasteiger partial charge in [-0.3, -0.25) is 9.97 Å². The van der Waals surface area contributed by atoms with Crippen molar-refractivity contribution in [2.75, 3.05) is 4.90 Å². The molecule has 3 aromatic carbocycles. The van der Waals surface area contributed by atoms with Crippen molar-refractivity contribution in [2.24, 2.45) is 0 Å². The average Bonchev–Trinajstić information content (AvgIpc) is 3.47. The molecule has 35 heavy (non-hydrogen) atoms. The average molecular weight is 448 g/mol. The highest BCUT2D eigenvalue weighted by molar-refractivity contribution is 5.93. The summed E-state index contributed by atoms with van der Waals surface area (Å²) in [5.74, 6) is 0. The molecule has 0 unspecified atom stereocenters. The Balaban J connectivity index is 1.25. The Morgan fingerprint density at radius 2 is 1.31 bits per heavy atom. The van der Waals surface area contributed by atoms with Gasteiger partial charge >= 0.3 is 0 Å². The van der Waals surface area contributed by atoms with Crippen LogP contribution in [0.1, 0.15) is 44.6 Å². The minimum absolute atomic E-state index is 0.893. The van der Waals surface area contributed by atoms with Crippen molar-refractivity contribution in [1.29, 1.82) is 0 Å². The third-order valence-electron chi connectivity index (χ3n) is 8.56. The first-order valence-electron chi connectivity index (χ1n) is 12.4. The Labute approximate surface area is 203 Å². The van der Waals surface area contributed by atoms with Crippen LogP contribution in [0.3, 0.4) is 0 Å². The monoisotopic (exact) mass is 447 g/mol. The van der Waals surface area contributed by atoms with E-state index in [0.717, 1.165) is 25.7 Å². The summed E-state index contributed by atoms with van der Waals surface area (Å²) in [6, 6.07) is 22.7. The number of aromatic nitrogens is 2. The quantitative estimate of drug-likeness (QED) is 0.253. The largest absolute Gasteiger partial charge is 0.306 e. The van der Waals surface area contributed by atoms with Gasteiger partial charge in [0.05, 0.1) is 29.0 Å². The first kappa shape index (κ1) is 18.1. The van der Waals surface area contributed by atoms with Crippen LogP contribution in [0, 0.1) is 0 Å². The molecule has 4 heterocycles. The minimum Gasteiger partial charge on any atom is -0.306 e. The van der Waals surface area contributed by atoms with Crippen molar-refractivity contribution in [3.05, 3.63) is 124 Å². The molecular formula is C32H21N3. The second kappa shape index (κ2) is 6.25. The summed E-state index contributed by atoms with van der Waals surface area (Å²) in [6.45, 7) is 0. The van der Waals surface area contributed by atoms with Crippen LogP contribution in [0.4, 0.5) is 17.1 Å². The number of hydrogen-bond acceptors (Lipinski definition) is 3. The van der Waals surface area contributed by atoms with Gasteiger partial charge in [-0.1, -0.05) is 42.5 Å². The van der Waals surface area contributed by atoms with Gasteiger partial charge in [0, 0.05) is 25.2 Å². The standard InChI is InChI=1S/C32H21N3/c1-2-4-21-18(3-1)14-25-22(21)5-6-23-24-7-8-30-28(27(24)15-26(23)25)16-29-32-20(10-12-34-29)13-19-9-11-33-17-31(19)35(30)32/h1-12,17H,13-16H2. The van der Waals surface area contributed by atoms with E-state index in [1.807, 2.05) is 18.6 Å². The summed E-state index contributed by atoms with van der Waals surface area (Å²) >= 11 is 0. The van der Waals surface area contributed by atoms with E-state index >= 15 is 0 Å². The van der Waals surface area contributed by atoms with Gasteiger partial charge in [0.2, 0.25) is 0 Å². The van der Waals surface area contributed by atoms with E-state index in [1.165, 1.54) is 84.0 Å². The number of hydrogen-bond donors (Lipinski definition) is 0. The third kappa shape index (κ3) is 2.21. The number of nitrogens with zero attached hydrogens (tertiary/aromatic N) is 3. The third-order valence-corrected chi connectivity index (χ3v) is 8.56. The molecule has 0 bridgehead atoms. The summed E-state index contributed by atoms with van der Waals surface area (Å²) < 4.78 is 0. The topological polar surface area (TPSA) is 29.0 Å². The molecule has 3 nitrogen and oxygen atoms in total. The zero-order valence-electron chi connectivity index (χ0n) is 19.2. The summed E-state index contributed by atoms with van der Waals surface area (Å²) in [5, 5.41) is 0. The molecule has 0 atom stereocenters. The van der Waals surface area contributed by atoms with Crippen molar-refractivity contribution in [2.45, 2.75) is 25.7 Å². The molecule has 0 saturated heterocycles. The highest BCUT2D eigenvalue weighted by atomic mass is 15.2. The van der Waals surface area contributed by atoms with Crippen LogP contribution in [0.5, 0.6) is 0 Å². The zero-order valence-corrected chi connectivity index (χ0v) is 19.2. The molecule has 2 aliphatic carbocycles. The second-order valence-electron chi connectivity index (χ2n) is 10.2. The van der Waals surface area contributed by atoms with Gasteiger partial charge in [-0.15, -0.1) is 0 Å². The van der Waals surface area contributed by atoms with Crippen LogP contribution in [-0.4, -0.2) is 9.97 Å². The predicted molar refractivity (Wildman–Crippen MR) is 139 cm³/mol. The van der Waals surface area contributed by atoms with Gasteiger partial charge in [-0.05, 0) is 92.2 Å². The van der Waals surface area contributed by atoms with Crippen molar-refractivity contribution >= 4 is 17.1 Å². The van der Waals surface area contributed by atoms with E-state index in [4.69, 9.17) is 4.98 Å². The molecule has 3 heteroatoms. The van der Waals surface area contributed by atoms with Crippen molar-refractivity contribution < 1.29 is 0 Å². The van der Waals surface area contributed by atoms with Gasteiger partial charge in [0.1, 0.15) is 0 Å². The number of pyridine rings is 2. The SMILES string of the molecule is c1ccc2c(c1)Cc1c-2ccc2c1Cc1c-2ccc2c1Cc1nccc3c1N2c1cnccc1C3. The lowest BCUT2D eigenvalue weighted by atomic mass is 9.87. The fourth-order valence-corrected chi connectivity index (χ4v) is 7.04. The summed E-state index contributed by atoms with van der Waals surface area (Å²) in [6.07, 6.45) is 9.82. The van der Waals surface area contributed by atoms with E-state index < -0.39 is 0 Å². The van der Waals surface area contributed by atoms with E-state index in [1.54, 1.807) is 0 Å². The molecule has 0 radical (unpaired) electrons. The molecule has 4 aliphatic rings. The normalized spacial score (nSPS) is 14.9. The fourth-order valence-electron chi connectivity index (χ4n) is 7.04. The molecule has 2 aromatic heterocycles. The first-order chi connectivity index (χ1) is 17.3. The fraction of sp³-hybridized carbons (Fsp3) is 0.125. The maximum absolute atomic E-state index is 4.88. The van der Waals surface area contributed by atoms with Gasteiger partial charge in [0.15, 0.2) is 0 Å². The van der Waals surface area contributed by atoms with Crippen molar-refractivity contribution in [1.82, 2.24) is 9.97 Å². The zero-order chi connectivity index (χ0) is 22.7. The molecule has 0 spiro atoms. The molecular weight excluding hydrogens is 426 g/mol. The van der Waals surface area contributed by atoms with Gasteiger partial charge in [0.25, 0.3) is 0 Å². The van der Waals surface area contributed by atoms with Crippen molar-refractivity contribution in [3.63, 3.8) is 0 Å².